The number of hydrogen-bond donors (Lipinski definition) is 2. The van der Waals surface area contributed by atoms with Gasteiger partial charge in [0.15, 0.2) is 11.5 Å². The molecule has 0 saturated carbocycles. The molecule has 6 nitrogen and oxygen atoms in total. The summed E-state index contributed by atoms with van der Waals surface area (Å²) in [6.45, 7) is 1.68. The van der Waals surface area contributed by atoms with E-state index in [0.717, 1.165) is 16.7 Å². The summed E-state index contributed by atoms with van der Waals surface area (Å²) in [5.74, 6) is -1.46. The monoisotopic (exact) mass is 417 g/mol. The average molecular weight is 418 g/mol. The number of carboxylic acids is 1. The van der Waals surface area contributed by atoms with Crippen molar-refractivity contribution >= 4 is 62.2 Å². The molecule has 122 valence electrons. The van der Waals surface area contributed by atoms with E-state index in [1.807, 2.05) is 0 Å². The number of carbonyl (C=O) groups excluding carboxylic acids is 1. The van der Waals surface area contributed by atoms with Crippen LogP contribution < -0.4 is 4.74 Å². The zero-order valence-electron chi connectivity index (χ0n) is 11.9. The number of ether oxygens (including phenoxy) is 1. The van der Waals surface area contributed by atoms with Crippen LogP contribution in [0.4, 0.5) is 0 Å². The highest BCUT2D eigenvalue weighted by atomic mass is 79.9. The normalized spacial score (nSPS) is 16.3. The largest absolute Gasteiger partial charge is 0.504 e. The number of thioether (sulfide) groups is 1. The number of nitrogens with zero attached hydrogens (tertiary/aromatic N) is 1. The molecule has 1 fully saturated rings. The van der Waals surface area contributed by atoms with Crippen LogP contribution >= 0.6 is 39.9 Å². The van der Waals surface area contributed by atoms with Crippen molar-refractivity contribution in [2.45, 2.75) is 6.92 Å². The van der Waals surface area contributed by atoms with Gasteiger partial charge in [0.2, 0.25) is 0 Å². The van der Waals surface area contributed by atoms with E-state index < -0.39 is 18.4 Å². The Morgan fingerprint density at radius 2 is 2.22 bits per heavy atom. The highest BCUT2D eigenvalue weighted by molar-refractivity contribution is 9.10. The minimum atomic E-state index is -1.15. The summed E-state index contributed by atoms with van der Waals surface area (Å²) < 4.78 is 6.17. The lowest BCUT2D eigenvalue weighted by Crippen LogP contribution is -2.33. The number of phenolic OH excluding ortho intramolecular Hbond substituents is 1. The molecule has 1 saturated heterocycles. The molecule has 1 aliphatic heterocycles. The van der Waals surface area contributed by atoms with Crippen LogP contribution in [0.5, 0.6) is 11.5 Å². The van der Waals surface area contributed by atoms with Gasteiger partial charge in [-0.15, -0.1) is 0 Å². The molecule has 0 unspecified atom stereocenters. The van der Waals surface area contributed by atoms with Gasteiger partial charge in [0, 0.05) is 10.0 Å². The summed E-state index contributed by atoms with van der Waals surface area (Å²) in [5.41, 5.74) is 0.374. The maximum absolute atomic E-state index is 12.2. The smallest absolute Gasteiger partial charge is 0.323 e. The molecule has 9 heteroatoms. The minimum absolute atomic E-state index is 0.0986. The van der Waals surface area contributed by atoms with Crippen LogP contribution in [-0.2, 0) is 9.59 Å². The van der Waals surface area contributed by atoms with Crippen LogP contribution in [0.15, 0.2) is 21.5 Å². The van der Waals surface area contributed by atoms with Crippen molar-refractivity contribution in [3.05, 3.63) is 27.1 Å². The first-order chi connectivity index (χ1) is 10.8. The third-order valence-corrected chi connectivity index (χ3v) is 4.66. The van der Waals surface area contributed by atoms with Gasteiger partial charge in [0.25, 0.3) is 5.91 Å². The van der Waals surface area contributed by atoms with E-state index >= 15 is 0 Å². The summed E-state index contributed by atoms with van der Waals surface area (Å²) in [7, 11) is 0. The number of aromatic hydroxyl groups is 1. The van der Waals surface area contributed by atoms with Crippen molar-refractivity contribution in [3.8, 4) is 11.5 Å². The Labute approximate surface area is 150 Å². The van der Waals surface area contributed by atoms with E-state index in [9.17, 15) is 14.7 Å². The van der Waals surface area contributed by atoms with E-state index in [-0.39, 0.29) is 20.7 Å². The third-order valence-electron chi connectivity index (χ3n) is 2.82. The zero-order valence-corrected chi connectivity index (χ0v) is 15.1. The number of phenols is 1. The lowest BCUT2D eigenvalue weighted by Gasteiger charge is -2.10. The maximum atomic E-state index is 12.2. The van der Waals surface area contributed by atoms with Crippen molar-refractivity contribution in [1.82, 2.24) is 4.90 Å². The predicted octanol–water partition coefficient (Wildman–Crippen LogP) is 2.84. The molecule has 23 heavy (non-hydrogen) atoms. The number of carboxylic acid groups (broad SMARTS) is 1. The first-order valence-corrected chi connectivity index (χ1v) is 8.47. The highest BCUT2D eigenvalue weighted by Gasteiger charge is 2.33. The fraction of sp³-hybridized carbons (Fsp3) is 0.214. The van der Waals surface area contributed by atoms with E-state index in [0.29, 0.717) is 16.6 Å². The molecule has 1 aliphatic rings. The molecule has 0 spiro atoms. The van der Waals surface area contributed by atoms with Crippen LogP contribution in [0.2, 0.25) is 0 Å². The summed E-state index contributed by atoms with van der Waals surface area (Å²) >= 11 is 9.33. The molecule has 0 atom stereocenters. The molecule has 2 rings (SSSR count). The van der Waals surface area contributed by atoms with E-state index in [4.69, 9.17) is 22.1 Å². The first kappa shape index (κ1) is 17.8. The SMILES string of the molecule is CCOc1cc(Br)cc(C=C2SC(=S)N(CC(=O)O)C2=O)c1O. The molecule has 0 aromatic heterocycles. The molecule has 1 amide bonds. The second-order valence-electron chi connectivity index (χ2n) is 4.44. The molecular formula is C14H12BrNO5S2. The second kappa shape index (κ2) is 7.33. The van der Waals surface area contributed by atoms with Gasteiger partial charge in [-0.05, 0) is 25.1 Å². The third kappa shape index (κ3) is 4.04. The number of carbonyl (C=O) groups is 2. The van der Waals surface area contributed by atoms with Gasteiger partial charge in [0.05, 0.1) is 11.5 Å². The molecule has 1 heterocycles. The minimum Gasteiger partial charge on any atom is -0.504 e. The summed E-state index contributed by atoms with van der Waals surface area (Å²) in [5, 5.41) is 19.0. The van der Waals surface area contributed by atoms with Gasteiger partial charge in [-0.25, -0.2) is 0 Å². The van der Waals surface area contributed by atoms with Gasteiger partial charge in [-0.3, -0.25) is 14.5 Å². The van der Waals surface area contributed by atoms with Crippen LogP contribution in [0.25, 0.3) is 6.08 Å². The second-order valence-corrected chi connectivity index (χ2v) is 7.03. The molecule has 0 radical (unpaired) electrons. The highest BCUT2D eigenvalue weighted by Crippen LogP contribution is 2.38. The molecular weight excluding hydrogens is 406 g/mol. The van der Waals surface area contributed by atoms with E-state index in [2.05, 4.69) is 15.9 Å². The topological polar surface area (TPSA) is 87.1 Å². The lowest BCUT2D eigenvalue weighted by atomic mass is 10.1. The Hall–Kier alpha value is -1.58. The van der Waals surface area contributed by atoms with Crippen LogP contribution in [0.3, 0.4) is 0 Å². The molecule has 0 aliphatic carbocycles. The predicted molar refractivity (Wildman–Crippen MR) is 94.5 cm³/mol. The van der Waals surface area contributed by atoms with Crippen LogP contribution in [0.1, 0.15) is 12.5 Å². The Kier molecular flexibility index (Phi) is 5.66. The van der Waals surface area contributed by atoms with Crippen molar-refractivity contribution in [2.75, 3.05) is 13.2 Å². The van der Waals surface area contributed by atoms with E-state index in [1.54, 1.807) is 19.1 Å². The van der Waals surface area contributed by atoms with Gasteiger partial charge in [-0.2, -0.15) is 0 Å². The number of halogens is 1. The number of rotatable bonds is 5. The van der Waals surface area contributed by atoms with Crippen molar-refractivity contribution in [3.63, 3.8) is 0 Å². The number of hydrogen-bond acceptors (Lipinski definition) is 6. The summed E-state index contributed by atoms with van der Waals surface area (Å²) in [6.07, 6.45) is 1.46. The molecule has 0 bridgehead atoms. The van der Waals surface area contributed by atoms with Crippen LogP contribution in [-0.4, -0.2) is 44.5 Å². The standard InChI is InChI=1S/C14H12BrNO5S2/c1-2-21-9-5-8(15)3-7(12(9)19)4-10-13(20)16(6-11(17)18)14(22)23-10/h3-5,19H,2,6H2,1H3,(H,17,18). The fourth-order valence-electron chi connectivity index (χ4n) is 1.88. The number of aliphatic carboxylic acids is 1. The summed E-state index contributed by atoms with van der Waals surface area (Å²) in [6, 6.07) is 3.24. The van der Waals surface area contributed by atoms with Crippen molar-refractivity contribution in [1.29, 1.82) is 0 Å². The first-order valence-electron chi connectivity index (χ1n) is 6.46. The molecule has 2 N–H and O–H groups in total. The number of benzene rings is 1. The Bertz CT molecular complexity index is 719. The van der Waals surface area contributed by atoms with Crippen LogP contribution in [0, 0.1) is 0 Å². The number of amides is 1. The van der Waals surface area contributed by atoms with E-state index in [1.165, 1.54) is 6.08 Å². The summed E-state index contributed by atoms with van der Waals surface area (Å²) in [4.78, 5) is 24.3. The quantitative estimate of drug-likeness (QED) is 0.562. The average Bonchev–Trinajstić information content (AvgIpc) is 2.71. The van der Waals surface area contributed by atoms with Crippen molar-refractivity contribution < 1.29 is 24.5 Å². The van der Waals surface area contributed by atoms with Gasteiger partial charge in [-0.1, -0.05) is 39.9 Å². The number of thiocarbonyl (C=S) groups is 1. The zero-order chi connectivity index (χ0) is 17.1. The lowest BCUT2D eigenvalue weighted by molar-refractivity contribution is -0.140. The van der Waals surface area contributed by atoms with Crippen molar-refractivity contribution in [2.24, 2.45) is 0 Å². The van der Waals surface area contributed by atoms with Gasteiger partial charge >= 0.3 is 5.97 Å². The molecule has 1 aromatic carbocycles. The Morgan fingerprint density at radius 1 is 1.52 bits per heavy atom. The van der Waals surface area contributed by atoms with Gasteiger partial charge < -0.3 is 14.9 Å². The Balaban J connectivity index is 2.37. The van der Waals surface area contributed by atoms with Gasteiger partial charge in [0.1, 0.15) is 10.9 Å². The Morgan fingerprint density at radius 3 is 2.83 bits per heavy atom. The fourth-order valence-corrected chi connectivity index (χ4v) is 3.58. The maximum Gasteiger partial charge on any atom is 0.323 e. The molecule has 1 aromatic rings.